The van der Waals surface area contributed by atoms with Gasteiger partial charge in [0.05, 0.1) is 0 Å². The van der Waals surface area contributed by atoms with Crippen LogP contribution in [0.15, 0.2) is 48.2 Å². The molecule has 132 valence electrons. The molecule has 2 N–H and O–H groups in total. The first-order valence-electron chi connectivity index (χ1n) is 9.29. The lowest BCUT2D eigenvalue weighted by Gasteiger charge is -2.25. The Morgan fingerprint density at radius 2 is 1.43 bits per heavy atom. The van der Waals surface area contributed by atoms with Gasteiger partial charge in [-0.25, -0.2) is 0 Å². The van der Waals surface area contributed by atoms with Crippen molar-refractivity contribution in [2.45, 2.75) is 85.5 Å². The Hall–Kier alpha value is -1.24. The van der Waals surface area contributed by atoms with Crippen molar-refractivity contribution in [1.29, 1.82) is 0 Å². The van der Waals surface area contributed by atoms with E-state index in [-0.39, 0.29) is 0 Å². The van der Waals surface area contributed by atoms with Crippen LogP contribution in [-0.4, -0.2) is 0 Å². The van der Waals surface area contributed by atoms with Gasteiger partial charge in [0.15, 0.2) is 0 Å². The fourth-order valence-electron chi connectivity index (χ4n) is 2.50. The highest BCUT2D eigenvalue weighted by Crippen LogP contribution is 2.32. The molecule has 0 atom stereocenters. The maximum absolute atomic E-state index is 5.56. The fraction of sp³-hybridized carbons (Fsp3) is 0.636. The van der Waals surface area contributed by atoms with Gasteiger partial charge in [-0.15, -0.1) is 0 Å². The van der Waals surface area contributed by atoms with Crippen LogP contribution in [0.1, 0.15) is 85.5 Å². The van der Waals surface area contributed by atoms with Gasteiger partial charge < -0.3 is 5.73 Å². The van der Waals surface area contributed by atoms with E-state index < -0.39 is 0 Å². The fourth-order valence-corrected chi connectivity index (χ4v) is 2.50. The van der Waals surface area contributed by atoms with E-state index in [0.717, 1.165) is 6.42 Å². The zero-order chi connectivity index (χ0) is 17.7. The molecule has 0 saturated heterocycles. The minimum Gasteiger partial charge on any atom is -0.399 e. The van der Waals surface area contributed by atoms with Crippen molar-refractivity contribution in [3.63, 3.8) is 0 Å². The molecule has 1 nitrogen and oxygen atoms in total. The molecule has 0 aliphatic carbocycles. The molecule has 0 amide bonds. The molecule has 0 heterocycles. The predicted molar refractivity (Wildman–Crippen MR) is 106 cm³/mol. The van der Waals surface area contributed by atoms with Crippen molar-refractivity contribution >= 4 is 0 Å². The predicted octanol–water partition coefficient (Wildman–Crippen LogP) is 7.07. The third-order valence-electron chi connectivity index (χ3n) is 4.92. The smallest absolute Gasteiger partial charge is 0.0241 e. The maximum atomic E-state index is 5.56. The van der Waals surface area contributed by atoms with Crippen LogP contribution >= 0.6 is 0 Å². The first-order chi connectivity index (χ1) is 10.8. The zero-order valence-corrected chi connectivity index (χ0v) is 16.1. The second kappa shape index (κ2) is 12.2. The molecule has 0 radical (unpaired) electrons. The number of nitrogens with two attached hydrogens (primary N) is 1. The normalized spacial score (nSPS) is 12.8. The van der Waals surface area contributed by atoms with E-state index in [0.29, 0.717) is 11.1 Å². The van der Waals surface area contributed by atoms with E-state index in [2.05, 4.69) is 53.0 Å². The molecule has 0 unspecified atom stereocenters. The maximum Gasteiger partial charge on any atom is 0.0241 e. The van der Waals surface area contributed by atoms with Gasteiger partial charge >= 0.3 is 0 Å². The molecular weight excluding hydrogens is 278 g/mol. The summed E-state index contributed by atoms with van der Waals surface area (Å²) in [7, 11) is 0. The van der Waals surface area contributed by atoms with E-state index in [1.54, 1.807) is 0 Å². The molecule has 0 fully saturated rings. The lowest BCUT2D eigenvalue weighted by molar-refractivity contribution is 0.409. The summed E-state index contributed by atoms with van der Waals surface area (Å²) in [5.74, 6) is 0. The number of allylic oxidation sites excluding steroid dienone is 5. The molecule has 0 aliphatic heterocycles. The molecule has 0 aromatic heterocycles. The lowest BCUT2D eigenvalue weighted by Crippen LogP contribution is -2.12. The molecule has 1 heteroatoms. The molecule has 0 rings (SSSR count). The molecular formula is C22H39N. The summed E-state index contributed by atoms with van der Waals surface area (Å²) in [6.45, 7) is 16.9. The average Bonchev–Trinajstić information content (AvgIpc) is 2.52. The van der Waals surface area contributed by atoms with Crippen LogP contribution in [0.25, 0.3) is 0 Å². The summed E-state index contributed by atoms with van der Waals surface area (Å²) in [6, 6.07) is 0. The van der Waals surface area contributed by atoms with Crippen LogP contribution in [0.5, 0.6) is 0 Å². The van der Waals surface area contributed by atoms with Gasteiger partial charge in [0.2, 0.25) is 0 Å². The van der Waals surface area contributed by atoms with Crippen molar-refractivity contribution < 1.29 is 0 Å². The van der Waals surface area contributed by atoms with Crippen molar-refractivity contribution in [2.75, 3.05) is 0 Å². The van der Waals surface area contributed by atoms with Gasteiger partial charge in [-0.05, 0) is 50.5 Å². The molecule has 0 bridgehead atoms. The number of hydrogen-bond acceptors (Lipinski definition) is 1. The van der Waals surface area contributed by atoms with E-state index in [1.165, 1.54) is 62.5 Å². The van der Waals surface area contributed by atoms with Crippen molar-refractivity contribution in [1.82, 2.24) is 0 Å². The Bertz CT molecular complexity index is 410. The summed E-state index contributed by atoms with van der Waals surface area (Å²) in [5.41, 5.74) is 9.27. The van der Waals surface area contributed by atoms with Gasteiger partial charge in [0.1, 0.15) is 0 Å². The largest absolute Gasteiger partial charge is 0.399 e. The lowest BCUT2D eigenvalue weighted by atomic mass is 9.80. The highest BCUT2D eigenvalue weighted by atomic mass is 14.5. The Labute approximate surface area is 145 Å². The van der Waals surface area contributed by atoms with E-state index in [1.807, 2.05) is 6.08 Å². The average molecular weight is 318 g/mol. The standard InChI is InChI=1S/C22H39N/c1-7-21(18-17-20(4)23)16-14-12-10-9-11-13-15-19(3)22(5,6)8-2/h7,17-18H,3-4,8-16,23H2,1-2,5-6H3/b18-17-,21-7-. The topological polar surface area (TPSA) is 26.0 Å². The van der Waals surface area contributed by atoms with E-state index >= 15 is 0 Å². The van der Waals surface area contributed by atoms with Crippen LogP contribution in [0.2, 0.25) is 0 Å². The van der Waals surface area contributed by atoms with Crippen LogP contribution in [0, 0.1) is 5.41 Å². The molecule has 0 aromatic carbocycles. The highest BCUT2D eigenvalue weighted by molar-refractivity contribution is 5.24. The van der Waals surface area contributed by atoms with Crippen molar-refractivity contribution in [3.05, 3.63) is 48.2 Å². The number of unbranched alkanes of at least 4 members (excludes halogenated alkanes) is 5. The van der Waals surface area contributed by atoms with Crippen LogP contribution in [0.4, 0.5) is 0 Å². The molecule has 23 heavy (non-hydrogen) atoms. The van der Waals surface area contributed by atoms with Crippen molar-refractivity contribution in [3.8, 4) is 0 Å². The number of rotatable bonds is 13. The Morgan fingerprint density at radius 3 is 1.91 bits per heavy atom. The first kappa shape index (κ1) is 21.8. The zero-order valence-electron chi connectivity index (χ0n) is 16.1. The molecule has 0 aromatic rings. The summed E-state index contributed by atoms with van der Waals surface area (Å²) < 4.78 is 0. The quantitative estimate of drug-likeness (QED) is 0.219. The summed E-state index contributed by atoms with van der Waals surface area (Å²) in [4.78, 5) is 0. The number of hydrogen-bond donors (Lipinski definition) is 1. The SMILES string of the molecule is C=C(N)/C=C\C(=C/C)CCCCCCCCC(=C)C(C)(C)CC. The Morgan fingerprint density at radius 1 is 0.913 bits per heavy atom. The van der Waals surface area contributed by atoms with Crippen LogP contribution < -0.4 is 5.73 Å². The second-order valence-corrected chi connectivity index (χ2v) is 7.23. The molecule has 0 saturated carbocycles. The van der Waals surface area contributed by atoms with Gasteiger partial charge in [-0.1, -0.05) is 82.9 Å². The van der Waals surface area contributed by atoms with Crippen LogP contribution in [0.3, 0.4) is 0 Å². The van der Waals surface area contributed by atoms with E-state index in [4.69, 9.17) is 5.73 Å². The van der Waals surface area contributed by atoms with Gasteiger partial charge in [0.25, 0.3) is 0 Å². The monoisotopic (exact) mass is 317 g/mol. The summed E-state index contributed by atoms with van der Waals surface area (Å²) in [6.07, 6.45) is 17.6. The third-order valence-corrected chi connectivity index (χ3v) is 4.92. The molecule has 0 spiro atoms. The third kappa shape index (κ3) is 11.0. The first-order valence-corrected chi connectivity index (χ1v) is 9.29. The Kier molecular flexibility index (Phi) is 11.6. The Balaban J connectivity index is 3.67. The van der Waals surface area contributed by atoms with Gasteiger partial charge in [-0.2, -0.15) is 0 Å². The van der Waals surface area contributed by atoms with Crippen LogP contribution in [-0.2, 0) is 0 Å². The second-order valence-electron chi connectivity index (χ2n) is 7.23. The van der Waals surface area contributed by atoms with Crippen molar-refractivity contribution in [2.24, 2.45) is 11.1 Å². The minimum atomic E-state index is 0.311. The summed E-state index contributed by atoms with van der Waals surface area (Å²) >= 11 is 0. The van der Waals surface area contributed by atoms with E-state index in [9.17, 15) is 0 Å². The molecule has 0 aliphatic rings. The van der Waals surface area contributed by atoms with Gasteiger partial charge in [-0.3, -0.25) is 0 Å². The summed E-state index contributed by atoms with van der Waals surface area (Å²) in [5, 5.41) is 0. The highest BCUT2D eigenvalue weighted by Gasteiger charge is 2.18. The minimum absolute atomic E-state index is 0.311. The van der Waals surface area contributed by atoms with Gasteiger partial charge in [0, 0.05) is 5.70 Å².